The minimum atomic E-state index is -1.52. The second-order valence-corrected chi connectivity index (χ2v) is 4.02. The van der Waals surface area contributed by atoms with Crippen LogP contribution in [0.4, 0.5) is 23.2 Å². The monoisotopic (exact) mass is 270 g/mol. The van der Waals surface area contributed by atoms with Crippen molar-refractivity contribution in [2.75, 3.05) is 5.32 Å². The molecular weight excluding hydrogens is 260 g/mol. The van der Waals surface area contributed by atoms with Gasteiger partial charge in [-0.3, -0.25) is 4.98 Å². The van der Waals surface area contributed by atoms with Crippen LogP contribution in [0.3, 0.4) is 0 Å². The first kappa shape index (κ1) is 13.3. The molecule has 6 heteroatoms. The molecule has 0 aliphatic carbocycles. The van der Waals surface area contributed by atoms with Gasteiger partial charge in [-0.2, -0.15) is 0 Å². The third-order valence-corrected chi connectivity index (χ3v) is 2.56. The molecule has 0 saturated heterocycles. The molecule has 0 amide bonds. The average molecular weight is 270 g/mol. The van der Waals surface area contributed by atoms with Crippen LogP contribution in [0.25, 0.3) is 0 Å². The number of anilines is 1. The maximum absolute atomic E-state index is 13.0. The molecule has 0 aliphatic rings. The lowest BCUT2D eigenvalue weighted by Gasteiger charge is -2.15. The van der Waals surface area contributed by atoms with Crippen molar-refractivity contribution in [2.45, 2.75) is 13.0 Å². The van der Waals surface area contributed by atoms with Gasteiger partial charge in [0.25, 0.3) is 0 Å². The Balaban J connectivity index is 2.19. The third-order valence-electron chi connectivity index (χ3n) is 2.56. The Morgan fingerprint density at radius 1 is 1.05 bits per heavy atom. The average Bonchev–Trinajstić information content (AvgIpc) is 2.36. The summed E-state index contributed by atoms with van der Waals surface area (Å²) in [5.41, 5.74) is 0.571. The normalized spacial score (nSPS) is 12.3. The number of aromatic nitrogens is 1. The molecule has 0 spiro atoms. The molecule has 0 fully saturated rings. The lowest BCUT2D eigenvalue weighted by molar-refractivity contribution is 0.447. The minimum absolute atomic E-state index is 0.0787. The van der Waals surface area contributed by atoms with Crippen molar-refractivity contribution in [3.05, 3.63) is 59.4 Å². The van der Waals surface area contributed by atoms with Crippen LogP contribution in [-0.2, 0) is 0 Å². The molecule has 2 aromatic rings. The summed E-state index contributed by atoms with van der Waals surface area (Å²) in [5.74, 6) is -4.54. The van der Waals surface area contributed by atoms with Crippen molar-refractivity contribution < 1.29 is 17.6 Å². The first-order chi connectivity index (χ1) is 8.97. The lowest BCUT2D eigenvalue weighted by Crippen LogP contribution is -2.09. The highest BCUT2D eigenvalue weighted by Gasteiger charge is 2.13. The molecule has 100 valence electrons. The van der Waals surface area contributed by atoms with Crippen molar-refractivity contribution in [3.63, 3.8) is 0 Å². The summed E-state index contributed by atoms with van der Waals surface area (Å²) in [6.45, 7) is 1.68. The highest BCUT2D eigenvalue weighted by Crippen LogP contribution is 2.21. The van der Waals surface area contributed by atoms with Gasteiger partial charge in [0.05, 0.1) is 17.9 Å². The Bertz CT molecular complexity index is 561. The number of nitrogens with one attached hydrogen (secondary N) is 1. The van der Waals surface area contributed by atoms with E-state index in [2.05, 4.69) is 10.3 Å². The van der Waals surface area contributed by atoms with Gasteiger partial charge < -0.3 is 5.32 Å². The molecule has 1 unspecified atom stereocenters. The van der Waals surface area contributed by atoms with E-state index in [0.717, 1.165) is 18.3 Å². The molecular formula is C13H10F4N2. The van der Waals surface area contributed by atoms with E-state index < -0.39 is 29.3 Å². The Morgan fingerprint density at radius 2 is 1.68 bits per heavy atom. The highest BCUT2D eigenvalue weighted by atomic mass is 19.2. The molecule has 1 heterocycles. The molecule has 2 nitrogen and oxygen atoms in total. The number of hydrogen-bond acceptors (Lipinski definition) is 2. The van der Waals surface area contributed by atoms with Crippen LogP contribution in [0.15, 0.2) is 30.5 Å². The smallest absolute Gasteiger partial charge is 0.194 e. The van der Waals surface area contributed by atoms with Crippen LogP contribution in [0.1, 0.15) is 18.7 Å². The molecule has 1 N–H and O–H groups in total. The SMILES string of the molecule is CC(Nc1cc(F)c(F)c(F)c1)c1ccc(F)cn1. The minimum Gasteiger partial charge on any atom is -0.377 e. The second-order valence-electron chi connectivity index (χ2n) is 4.02. The summed E-state index contributed by atoms with van der Waals surface area (Å²) in [4.78, 5) is 3.84. The molecule has 0 saturated carbocycles. The van der Waals surface area contributed by atoms with Gasteiger partial charge in [0.1, 0.15) is 5.82 Å². The van der Waals surface area contributed by atoms with Crippen molar-refractivity contribution >= 4 is 5.69 Å². The number of benzene rings is 1. The predicted octanol–water partition coefficient (Wildman–Crippen LogP) is 3.81. The first-order valence-corrected chi connectivity index (χ1v) is 5.50. The molecule has 1 atom stereocenters. The quantitative estimate of drug-likeness (QED) is 0.677. The van der Waals surface area contributed by atoms with Gasteiger partial charge in [-0.15, -0.1) is 0 Å². The number of rotatable bonds is 3. The van der Waals surface area contributed by atoms with Crippen LogP contribution >= 0.6 is 0 Å². The summed E-state index contributed by atoms with van der Waals surface area (Å²) in [5, 5.41) is 2.75. The van der Waals surface area contributed by atoms with E-state index in [-0.39, 0.29) is 5.69 Å². The van der Waals surface area contributed by atoms with Gasteiger partial charge in [0.15, 0.2) is 17.5 Å². The van der Waals surface area contributed by atoms with E-state index in [1.54, 1.807) is 6.92 Å². The number of nitrogens with zero attached hydrogens (tertiary/aromatic N) is 1. The van der Waals surface area contributed by atoms with E-state index >= 15 is 0 Å². The first-order valence-electron chi connectivity index (χ1n) is 5.50. The van der Waals surface area contributed by atoms with Crippen molar-refractivity contribution in [2.24, 2.45) is 0 Å². The second kappa shape index (κ2) is 5.26. The van der Waals surface area contributed by atoms with Gasteiger partial charge in [0.2, 0.25) is 0 Å². The highest BCUT2D eigenvalue weighted by molar-refractivity contribution is 5.45. The van der Waals surface area contributed by atoms with Crippen LogP contribution in [0.2, 0.25) is 0 Å². The van der Waals surface area contributed by atoms with Gasteiger partial charge in [0, 0.05) is 17.8 Å². The summed E-state index contributed by atoms with van der Waals surface area (Å²) < 4.78 is 51.5. The number of hydrogen-bond donors (Lipinski definition) is 1. The summed E-state index contributed by atoms with van der Waals surface area (Å²) in [6, 6.07) is 3.96. The van der Waals surface area contributed by atoms with Crippen LogP contribution in [0.5, 0.6) is 0 Å². The maximum Gasteiger partial charge on any atom is 0.194 e. The molecule has 1 aromatic heterocycles. The van der Waals surface area contributed by atoms with E-state index in [1.165, 1.54) is 12.1 Å². The summed E-state index contributed by atoms with van der Waals surface area (Å²) in [6.07, 6.45) is 1.04. The fraction of sp³-hybridized carbons (Fsp3) is 0.154. The number of halogens is 4. The standard InChI is InChI=1S/C13H10F4N2/c1-7(12-3-2-8(14)6-18-12)19-9-4-10(15)13(17)11(16)5-9/h2-7,19H,1H3. The van der Waals surface area contributed by atoms with E-state index in [4.69, 9.17) is 0 Å². The fourth-order valence-corrected chi connectivity index (χ4v) is 1.61. The Hall–Kier alpha value is -2.11. The van der Waals surface area contributed by atoms with Crippen molar-refractivity contribution in [1.29, 1.82) is 0 Å². The van der Waals surface area contributed by atoms with Crippen molar-refractivity contribution in [3.8, 4) is 0 Å². The molecule has 0 aliphatic heterocycles. The van der Waals surface area contributed by atoms with Crippen LogP contribution in [-0.4, -0.2) is 4.98 Å². The Morgan fingerprint density at radius 3 is 2.21 bits per heavy atom. The van der Waals surface area contributed by atoms with Crippen LogP contribution < -0.4 is 5.32 Å². The zero-order valence-electron chi connectivity index (χ0n) is 9.92. The van der Waals surface area contributed by atoms with E-state index in [0.29, 0.717) is 5.69 Å². The molecule has 2 rings (SSSR count). The third kappa shape index (κ3) is 3.01. The zero-order chi connectivity index (χ0) is 14.0. The Kier molecular flexibility index (Phi) is 3.69. The zero-order valence-corrected chi connectivity index (χ0v) is 9.92. The van der Waals surface area contributed by atoms with Gasteiger partial charge in [-0.25, -0.2) is 17.6 Å². The van der Waals surface area contributed by atoms with E-state index in [1.807, 2.05) is 0 Å². The number of pyridine rings is 1. The molecule has 19 heavy (non-hydrogen) atoms. The van der Waals surface area contributed by atoms with Crippen LogP contribution in [0, 0.1) is 23.3 Å². The van der Waals surface area contributed by atoms with Gasteiger partial charge in [-0.1, -0.05) is 0 Å². The van der Waals surface area contributed by atoms with Crippen molar-refractivity contribution in [1.82, 2.24) is 4.98 Å². The topological polar surface area (TPSA) is 24.9 Å². The lowest BCUT2D eigenvalue weighted by atomic mass is 10.2. The summed E-state index contributed by atoms with van der Waals surface area (Å²) >= 11 is 0. The predicted molar refractivity (Wildman–Crippen MR) is 62.5 cm³/mol. The fourth-order valence-electron chi connectivity index (χ4n) is 1.61. The molecule has 1 aromatic carbocycles. The summed E-state index contributed by atoms with van der Waals surface area (Å²) in [7, 11) is 0. The van der Waals surface area contributed by atoms with Gasteiger partial charge >= 0.3 is 0 Å². The molecule has 0 radical (unpaired) electrons. The Labute approximate surface area is 107 Å². The largest absolute Gasteiger partial charge is 0.377 e. The van der Waals surface area contributed by atoms with E-state index in [9.17, 15) is 17.6 Å². The maximum atomic E-state index is 13.0. The molecule has 0 bridgehead atoms. The van der Waals surface area contributed by atoms with Gasteiger partial charge in [-0.05, 0) is 19.1 Å².